The van der Waals surface area contributed by atoms with E-state index in [1.54, 1.807) is 0 Å². The Labute approximate surface area is 132 Å². The number of carbonyl (C=O) groups is 2. The Kier molecular flexibility index (Phi) is 5.58. The molecule has 2 fully saturated rings. The molecule has 5 heteroatoms. The zero-order valence-corrected chi connectivity index (χ0v) is 14.3. The lowest BCUT2D eigenvalue weighted by atomic mass is 9.78. The van der Waals surface area contributed by atoms with Gasteiger partial charge < -0.3 is 10.2 Å². The molecule has 1 N–H and O–H groups in total. The second-order valence-electron chi connectivity index (χ2n) is 6.36. The summed E-state index contributed by atoms with van der Waals surface area (Å²) < 4.78 is 0. The molecule has 1 saturated carbocycles. The lowest BCUT2D eigenvalue weighted by molar-refractivity contribution is -0.158. The molecule has 0 aromatic heterocycles. The van der Waals surface area contributed by atoms with Gasteiger partial charge in [-0.1, -0.05) is 26.2 Å². The summed E-state index contributed by atoms with van der Waals surface area (Å²) in [6.45, 7) is 6.08. The van der Waals surface area contributed by atoms with Crippen LogP contribution in [0.5, 0.6) is 0 Å². The van der Waals surface area contributed by atoms with Gasteiger partial charge in [-0.2, -0.15) is 11.8 Å². The molecule has 2 unspecified atom stereocenters. The van der Waals surface area contributed by atoms with Gasteiger partial charge in [0.15, 0.2) is 0 Å². The first-order valence-corrected chi connectivity index (χ1v) is 9.40. The molecule has 1 aliphatic heterocycles. The van der Waals surface area contributed by atoms with Gasteiger partial charge in [-0.3, -0.25) is 9.59 Å². The lowest BCUT2D eigenvalue weighted by Crippen LogP contribution is -2.71. The molecule has 0 aromatic carbocycles. The summed E-state index contributed by atoms with van der Waals surface area (Å²) in [5.41, 5.74) is -0.603. The number of hydrogen-bond donors (Lipinski definition) is 1. The highest BCUT2D eigenvalue weighted by atomic mass is 32.2. The predicted molar refractivity (Wildman–Crippen MR) is 87.3 cm³/mol. The molecule has 0 bridgehead atoms. The van der Waals surface area contributed by atoms with E-state index in [2.05, 4.69) is 19.2 Å². The van der Waals surface area contributed by atoms with Crippen LogP contribution < -0.4 is 5.32 Å². The normalized spacial score (nSPS) is 26.8. The van der Waals surface area contributed by atoms with Gasteiger partial charge in [0.2, 0.25) is 11.8 Å². The number of piperazine rings is 1. The van der Waals surface area contributed by atoms with Crippen molar-refractivity contribution in [2.75, 3.05) is 11.5 Å². The minimum Gasteiger partial charge on any atom is -0.340 e. The quantitative estimate of drug-likeness (QED) is 0.794. The van der Waals surface area contributed by atoms with Gasteiger partial charge in [0.05, 0.1) is 0 Å². The molecule has 2 rings (SSSR count). The number of carbonyl (C=O) groups excluding carboxylic acids is 2. The van der Waals surface area contributed by atoms with E-state index in [4.69, 9.17) is 0 Å². The van der Waals surface area contributed by atoms with Crippen LogP contribution in [0.25, 0.3) is 0 Å². The zero-order chi connectivity index (χ0) is 15.5. The standard InChI is InChI=1S/C16H28N2O2S/c1-4-21-11-8-12(2)18-13(3)14(19)17-16(15(18)20)9-6-5-7-10-16/h12-13H,4-11H2,1-3H3,(H,17,19). The van der Waals surface area contributed by atoms with E-state index in [9.17, 15) is 9.59 Å². The van der Waals surface area contributed by atoms with E-state index < -0.39 is 5.54 Å². The minimum absolute atomic E-state index is 0.0199. The van der Waals surface area contributed by atoms with Crippen LogP contribution in [0.4, 0.5) is 0 Å². The van der Waals surface area contributed by atoms with E-state index in [1.807, 2.05) is 23.6 Å². The molecular formula is C16H28N2O2S. The molecule has 4 nitrogen and oxygen atoms in total. The van der Waals surface area contributed by atoms with Crippen LogP contribution in [0, 0.1) is 0 Å². The second kappa shape index (κ2) is 7.03. The first-order chi connectivity index (χ1) is 10.0. The Morgan fingerprint density at radius 2 is 2.00 bits per heavy atom. The number of nitrogens with zero attached hydrogens (tertiary/aromatic N) is 1. The monoisotopic (exact) mass is 312 g/mol. The third kappa shape index (κ3) is 3.38. The van der Waals surface area contributed by atoms with Crippen LogP contribution in [-0.4, -0.2) is 45.8 Å². The Morgan fingerprint density at radius 1 is 1.33 bits per heavy atom. The Morgan fingerprint density at radius 3 is 2.62 bits per heavy atom. The molecule has 0 aromatic rings. The van der Waals surface area contributed by atoms with E-state index in [0.29, 0.717) is 0 Å². The summed E-state index contributed by atoms with van der Waals surface area (Å²) in [5.74, 6) is 2.32. The third-order valence-electron chi connectivity index (χ3n) is 4.87. The molecule has 2 amide bonds. The molecule has 1 spiro atoms. The smallest absolute Gasteiger partial charge is 0.249 e. The van der Waals surface area contributed by atoms with Crippen molar-refractivity contribution in [3.63, 3.8) is 0 Å². The third-order valence-corrected chi connectivity index (χ3v) is 5.80. The summed E-state index contributed by atoms with van der Waals surface area (Å²) >= 11 is 1.89. The highest BCUT2D eigenvalue weighted by Crippen LogP contribution is 2.34. The molecule has 2 aliphatic rings. The Bertz CT molecular complexity index is 394. The van der Waals surface area contributed by atoms with Crippen molar-refractivity contribution in [3.8, 4) is 0 Å². The van der Waals surface area contributed by atoms with Crippen molar-refractivity contribution in [2.24, 2.45) is 0 Å². The van der Waals surface area contributed by atoms with Gasteiger partial charge in [0.25, 0.3) is 0 Å². The molecule has 0 radical (unpaired) electrons. The molecule has 2 atom stereocenters. The van der Waals surface area contributed by atoms with Gasteiger partial charge in [-0.15, -0.1) is 0 Å². The van der Waals surface area contributed by atoms with Gasteiger partial charge in [0.1, 0.15) is 11.6 Å². The number of nitrogens with one attached hydrogen (secondary N) is 1. The topological polar surface area (TPSA) is 49.4 Å². The zero-order valence-electron chi connectivity index (χ0n) is 13.5. The second-order valence-corrected chi connectivity index (χ2v) is 7.75. The van der Waals surface area contributed by atoms with Crippen molar-refractivity contribution in [2.45, 2.75) is 76.9 Å². The summed E-state index contributed by atoms with van der Waals surface area (Å²) in [4.78, 5) is 27.2. The van der Waals surface area contributed by atoms with Gasteiger partial charge >= 0.3 is 0 Å². The summed E-state index contributed by atoms with van der Waals surface area (Å²) in [7, 11) is 0. The van der Waals surface area contributed by atoms with Crippen LogP contribution in [-0.2, 0) is 9.59 Å². The first kappa shape index (κ1) is 16.7. The van der Waals surface area contributed by atoms with Crippen molar-refractivity contribution in [1.82, 2.24) is 10.2 Å². The summed E-state index contributed by atoms with van der Waals surface area (Å²) in [5, 5.41) is 3.05. The minimum atomic E-state index is -0.603. The molecule has 1 heterocycles. The lowest BCUT2D eigenvalue weighted by Gasteiger charge is -2.49. The van der Waals surface area contributed by atoms with Crippen LogP contribution in [0.1, 0.15) is 59.3 Å². The highest BCUT2D eigenvalue weighted by molar-refractivity contribution is 7.99. The Balaban J connectivity index is 2.13. The van der Waals surface area contributed by atoms with Crippen molar-refractivity contribution in [1.29, 1.82) is 0 Å². The Hall–Kier alpha value is -0.710. The van der Waals surface area contributed by atoms with E-state index in [1.165, 1.54) is 6.42 Å². The summed E-state index contributed by atoms with van der Waals surface area (Å²) in [6.07, 6.45) is 5.80. The number of thioether (sulfide) groups is 1. The van der Waals surface area contributed by atoms with Crippen LogP contribution in [0.3, 0.4) is 0 Å². The highest BCUT2D eigenvalue weighted by Gasteiger charge is 2.50. The predicted octanol–water partition coefficient (Wildman–Crippen LogP) is 2.57. The fourth-order valence-electron chi connectivity index (χ4n) is 3.56. The number of hydrogen-bond acceptors (Lipinski definition) is 3. The number of rotatable bonds is 5. The van der Waals surface area contributed by atoms with Crippen molar-refractivity contribution in [3.05, 3.63) is 0 Å². The van der Waals surface area contributed by atoms with Crippen molar-refractivity contribution >= 4 is 23.6 Å². The van der Waals surface area contributed by atoms with Crippen LogP contribution in [0.2, 0.25) is 0 Å². The van der Waals surface area contributed by atoms with Crippen LogP contribution >= 0.6 is 11.8 Å². The van der Waals surface area contributed by atoms with Gasteiger partial charge in [-0.25, -0.2) is 0 Å². The average molecular weight is 312 g/mol. The first-order valence-electron chi connectivity index (χ1n) is 8.24. The molecular weight excluding hydrogens is 284 g/mol. The largest absolute Gasteiger partial charge is 0.340 e. The fraction of sp³-hybridized carbons (Fsp3) is 0.875. The maximum absolute atomic E-state index is 13.0. The fourth-order valence-corrected chi connectivity index (χ4v) is 4.35. The van der Waals surface area contributed by atoms with E-state index in [-0.39, 0.29) is 23.9 Å². The van der Waals surface area contributed by atoms with E-state index in [0.717, 1.165) is 43.6 Å². The number of amides is 2. The van der Waals surface area contributed by atoms with Crippen molar-refractivity contribution < 1.29 is 9.59 Å². The molecule has 21 heavy (non-hydrogen) atoms. The van der Waals surface area contributed by atoms with Gasteiger partial charge in [-0.05, 0) is 44.6 Å². The molecule has 120 valence electrons. The molecule has 1 saturated heterocycles. The maximum Gasteiger partial charge on any atom is 0.249 e. The summed E-state index contributed by atoms with van der Waals surface area (Å²) in [6, 6.07) is -0.205. The maximum atomic E-state index is 13.0. The van der Waals surface area contributed by atoms with Crippen LogP contribution in [0.15, 0.2) is 0 Å². The van der Waals surface area contributed by atoms with E-state index >= 15 is 0 Å². The SMILES string of the molecule is CCSCCC(C)N1C(=O)C2(CCCCC2)NC(=O)C1C. The van der Waals surface area contributed by atoms with Gasteiger partial charge in [0, 0.05) is 6.04 Å². The average Bonchev–Trinajstić information content (AvgIpc) is 2.47. The molecule has 1 aliphatic carbocycles.